The highest BCUT2D eigenvalue weighted by Crippen LogP contribution is 2.35. The molecule has 0 unspecified atom stereocenters. The molecule has 4 aromatic rings. The van der Waals surface area contributed by atoms with Crippen LogP contribution in [0.1, 0.15) is 28.2 Å². The fourth-order valence-corrected chi connectivity index (χ4v) is 6.61. The van der Waals surface area contributed by atoms with E-state index >= 15 is 0 Å². The Morgan fingerprint density at radius 2 is 2.11 bits per heavy atom. The molecule has 0 saturated carbocycles. The van der Waals surface area contributed by atoms with Crippen molar-refractivity contribution in [2.75, 3.05) is 0 Å². The predicted molar refractivity (Wildman–Crippen MR) is 111 cm³/mol. The Bertz CT molecular complexity index is 1330. The van der Waals surface area contributed by atoms with Gasteiger partial charge < -0.3 is 0 Å². The van der Waals surface area contributed by atoms with Crippen LogP contribution in [0.25, 0.3) is 15.2 Å². The molecular weight excluding hydrogens is 400 g/mol. The van der Waals surface area contributed by atoms with Gasteiger partial charge in [0, 0.05) is 34.8 Å². The molecule has 0 spiro atoms. The van der Waals surface area contributed by atoms with Gasteiger partial charge in [0.15, 0.2) is 10.1 Å². The summed E-state index contributed by atoms with van der Waals surface area (Å²) >= 11 is 4.55. The van der Waals surface area contributed by atoms with Crippen molar-refractivity contribution in [2.45, 2.75) is 37.1 Å². The second kappa shape index (κ2) is 6.29. The van der Waals surface area contributed by atoms with E-state index in [1.54, 1.807) is 33.4 Å². The van der Waals surface area contributed by atoms with Crippen molar-refractivity contribution in [3.8, 4) is 0 Å². The van der Waals surface area contributed by atoms with Crippen LogP contribution >= 0.6 is 34.4 Å². The molecule has 0 saturated heterocycles. The topological polar surface area (TPSA) is 69.3 Å². The summed E-state index contributed by atoms with van der Waals surface area (Å²) in [5.41, 5.74) is 2.76. The van der Waals surface area contributed by atoms with E-state index < -0.39 is 0 Å². The van der Waals surface area contributed by atoms with E-state index in [1.165, 1.54) is 33.5 Å². The molecule has 9 heteroatoms. The third kappa shape index (κ3) is 2.67. The molecule has 0 fully saturated rings. The highest BCUT2D eigenvalue weighted by atomic mass is 32.2. The molecule has 6 nitrogen and oxygen atoms in total. The first-order chi connectivity index (χ1) is 13.0. The van der Waals surface area contributed by atoms with Crippen LogP contribution in [0.3, 0.4) is 0 Å². The highest BCUT2D eigenvalue weighted by molar-refractivity contribution is 7.98. The molecule has 0 amide bonds. The molecule has 4 heterocycles. The Hall–Kier alpha value is -1.97. The summed E-state index contributed by atoms with van der Waals surface area (Å²) in [6.07, 6.45) is 3.16. The summed E-state index contributed by atoms with van der Waals surface area (Å²) in [4.78, 5) is 37.3. The molecule has 1 aliphatic rings. The normalized spacial score (nSPS) is 13.7. The van der Waals surface area contributed by atoms with E-state index in [4.69, 9.17) is 4.98 Å². The van der Waals surface area contributed by atoms with Gasteiger partial charge in [-0.1, -0.05) is 11.8 Å². The Morgan fingerprint density at radius 3 is 2.96 bits per heavy atom. The van der Waals surface area contributed by atoms with Crippen molar-refractivity contribution < 1.29 is 0 Å². The van der Waals surface area contributed by atoms with Gasteiger partial charge in [-0.2, -0.15) is 0 Å². The summed E-state index contributed by atoms with van der Waals surface area (Å²) in [5.74, 6) is 0.500. The third-order valence-electron chi connectivity index (χ3n) is 4.88. The zero-order valence-electron chi connectivity index (χ0n) is 14.8. The summed E-state index contributed by atoms with van der Waals surface area (Å²) in [6.45, 7) is 1.90. The number of aryl methyl sites for hydroxylation is 3. The van der Waals surface area contributed by atoms with Crippen molar-refractivity contribution in [3.05, 3.63) is 54.0 Å². The first-order valence-corrected chi connectivity index (χ1v) is 11.3. The van der Waals surface area contributed by atoms with Crippen LogP contribution in [0.15, 0.2) is 26.2 Å². The van der Waals surface area contributed by atoms with Crippen LogP contribution in [-0.2, 0) is 25.6 Å². The van der Waals surface area contributed by atoms with Gasteiger partial charge >= 0.3 is 0 Å². The Labute approximate surface area is 166 Å². The van der Waals surface area contributed by atoms with E-state index in [-0.39, 0.29) is 11.1 Å². The first-order valence-electron chi connectivity index (χ1n) is 8.64. The van der Waals surface area contributed by atoms with Crippen molar-refractivity contribution in [2.24, 2.45) is 7.05 Å². The van der Waals surface area contributed by atoms with Crippen LogP contribution in [0, 0.1) is 6.92 Å². The van der Waals surface area contributed by atoms with Crippen molar-refractivity contribution in [1.82, 2.24) is 18.9 Å². The smallest absolute Gasteiger partial charge is 0.262 e. The molecule has 1 aliphatic carbocycles. The summed E-state index contributed by atoms with van der Waals surface area (Å²) < 4.78 is 3.24. The number of thiazole rings is 1. The number of thiophene rings is 1. The number of nitrogens with zero attached hydrogens (tertiary/aromatic N) is 4. The lowest BCUT2D eigenvalue weighted by molar-refractivity contribution is 0.726. The Kier molecular flexibility index (Phi) is 3.99. The van der Waals surface area contributed by atoms with Gasteiger partial charge in [0.25, 0.3) is 11.1 Å². The summed E-state index contributed by atoms with van der Waals surface area (Å²) in [6, 6.07) is 1.57. The van der Waals surface area contributed by atoms with E-state index in [1.807, 2.05) is 12.3 Å². The second-order valence-corrected chi connectivity index (χ2v) is 9.53. The summed E-state index contributed by atoms with van der Waals surface area (Å²) in [7, 11) is 1.77. The number of thioether (sulfide) groups is 1. The molecule has 138 valence electrons. The maximum Gasteiger partial charge on any atom is 0.262 e. The molecule has 0 aromatic carbocycles. The molecular formula is C18H16N4O2S3. The van der Waals surface area contributed by atoms with E-state index in [0.717, 1.165) is 35.2 Å². The first kappa shape index (κ1) is 17.2. The molecule has 4 aromatic heterocycles. The van der Waals surface area contributed by atoms with Gasteiger partial charge in [-0.15, -0.1) is 22.7 Å². The molecule has 27 heavy (non-hydrogen) atoms. The molecule has 0 N–H and O–H groups in total. The predicted octanol–water partition coefficient (Wildman–Crippen LogP) is 3.15. The molecule has 5 rings (SSSR count). The van der Waals surface area contributed by atoms with Crippen molar-refractivity contribution in [3.63, 3.8) is 0 Å². The zero-order valence-corrected chi connectivity index (χ0v) is 17.3. The maximum atomic E-state index is 12.9. The lowest BCUT2D eigenvalue weighted by Gasteiger charge is -2.07. The lowest BCUT2D eigenvalue weighted by Crippen LogP contribution is -2.20. The molecule has 0 radical (unpaired) electrons. The molecule has 0 bridgehead atoms. The van der Waals surface area contributed by atoms with E-state index in [0.29, 0.717) is 21.6 Å². The second-order valence-electron chi connectivity index (χ2n) is 6.67. The van der Waals surface area contributed by atoms with Crippen LogP contribution in [0.4, 0.5) is 0 Å². The zero-order chi connectivity index (χ0) is 18.7. The Morgan fingerprint density at radius 1 is 1.26 bits per heavy atom. The average Bonchev–Trinajstić information content (AvgIpc) is 3.31. The fourth-order valence-electron chi connectivity index (χ4n) is 3.55. The minimum atomic E-state index is -0.0682. The van der Waals surface area contributed by atoms with Crippen molar-refractivity contribution >= 4 is 49.6 Å². The Balaban J connectivity index is 1.51. The van der Waals surface area contributed by atoms with Crippen LogP contribution in [-0.4, -0.2) is 18.9 Å². The maximum absolute atomic E-state index is 12.9. The largest absolute Gasteiger partial charge is 0.290 e. The van der Waals surface area contributed by atoms with Gasteiger partial charge in [-0.05, 0) is 31.7 Å². The van der Waals surface area contributed by atoms with Crippen LogP contribution in [0.5, 0.6) is 0 Å². The number of hydrogen-bond acceptors (Lipinski definition) is 7. The van der Waals surface area contributed by atoms with Crippen LogP contribution in [0.2, 0.25) is 0 Å². The van der Waals surface area contributed by atoms with E-state index in [2.05, 4.69) is 4.98 Å². The van der Waals surface area contributed by atoms with Gasteiger partial charge in [0.2, 0.25) is 0 Å². The average molecular weight is 417 g/mol. The minimum absolute atomic E-state index is 0.0271. The van der Waals surface area contributed by atoms with Gasteiger partial charge in [0.05, 0.1) is 11.1 Å². The standard InChI is InChI=1S/C18H16N4O2S3/c1-9-7-25-18-19-10(6-13(23)22(9)18)8-26-17-20-15-14(16(24)21(17)2)11-4-3-5-12(11)27-15/h6-7H,3-5,8H2,1-2H3. The fraction of sp³-hybridized carbons (Fsp3) is 0.333. The number of rotatable bonds is 3. The minimum Gasteiger partial charge on any atom is -0.290 e. The number of fused-ring (bicyclic) bond motifs is 4. The molecule has 0 atom stereocenters. The number of hydrogen-bond donors (Lipinski definition) is 0. The van der Waals surface area contributed by atoms with Crippen molar-refractivity contribution in [1.29, 1.82) is 0 Å². The quantitative estimate of drug-likeness (QED) is 0.379. The molecule has 0 aliphatic heterocycles. The SMILES string of the molecule is Cc1csc2nc(CSc3nc4sc5c(c4c(=O)n3C)CCC5)cc(=O)n12. The van der Waals surface area contributed by atoms with E-state index in [9.17, 15) is 9.59 Å². The van der Waals surface area contributed by atoms with Gasteiger partial charge in [0.1, 0.15) is 4.83 Å². The number of aromatic nitrogens is 4. The van der Waals surface area contributed by atoms with Gasteiger partial charge in [-0.25, -0.2) is 9.97 Å². The highest BCUT2D eigenvalue weighted by Gasteiger charge is 2.22. The lowest BCUT2D eigenvalue weighted by atomic mass is 10.2. The van der Waals surface area contributed by atoms with Gasteiger partial charge in [-0.3, -0.25) is 18.6 Å². The summed E-state index contributed by atoms with van der Waals surface area (Å²) in [5, 5.41) is 3.39. The monoisotopic (exact) mass is 416 g/mol. The van der Waals surface area contributed by atoms with Crippen LogP contribution < -0.4 is 11.1 Å². The third-order valence-corrected chi connectivity index (χ3v) is 8.08.